The smallest absolute Gasteiger partial charge is 0.407 e. The van der Waals surface area contributed by atoms with Crippen molar-refractivity contribution in [2.45, 2.75) is 76.7 Å². The van der Waals surface area contributed by atoms with Crippen LogP contribution in [0.5, 0.6) is 0 Å². The second-order valence-corrected chi connectivity index (χ2v) is 12.4. The predicted octanol–water partition coefficient (Wildman–Crippen LogP) is 6.21. The van der Waals surface area contributed by atoms with Gasteiger partial charge in [0.05, 0.1) is 33.9 Å². The van der Waals surface area contributed by atoms with Crippen LogP contribution in [0, 0.1) is 11.7 Å². The fourth-order valence-corrected chi connectivity index (χ4v) is 5.76. The van der Waals surface area contributed by atoms with Gasteiger partial charge in [0.15, 0.2) is 11.6 Å². The van der Waals surface area contributed by atoms with Crippen molar-refractivity contribution in [1.29, 1.82) is 0 Å². The van der Waals surface area contributed by atoms with Gasteiger partial charge in [0.25, 0.3) is 0 Å². The molecule has 0 saturated heterocycles. The molecule has 2 amide bonds. The molecule has 42 heavy (non-hydrogen) atoms. The highest BCUT2D eigenvalue weighted by atomic mass is 35.5. The number of fused-ring (bicyclic) bond motifs is 2. The van der Waals surface area contributed by atoms with Crippen molar-refractivity contribution in [3.63, 3.8) is 0 Å². The lowest BCUT2D eigenvalue weighted by Crippen LogP contribution is -2.42. The van der Waals surface area contributed by atoms with E-state index in [0.717, 1.165) is 25.7 Å². The Labute approximate surface area is 245 Å². The summed E-state index contributed by atoms with van der Waals surface area (Å²) in [6.45, 7) is 5.46. The molecular formula is C29H32ClF2N7O3. The van der Waals surface area contributed by atoms with Crippen molar-refractivity contribution < 1.29 is 23.1 Å². The lowest BCUT2D eigenvalue weighted by atomic mass is 9.91. The zero-order valence-corrected chi connectivity index (χ0v) is 24.2. The van der Waals surface area contributed by atoms with Crippen molar-refractivity contribution in [3.05, 3.63) is 41.4 Å². The molecule has 0 unspecified atom stereocenters. The van der Waals surface area contributed by atoms with Crippen LogP contribution in [0.3, 0.4) is 0 Å². The van der Waals surface area contributed by atoms with Gasteiger partial charge in [-0.1, -0.05) is 11.6 Å². The minimum absolute atomic E-state index is 0.0116. The van der Waals surface area contributed by atoms with Gasteiger partial charge in [-0.2, -0.15) is 10.2 Å². The van der Waals surface area contributed by atoms with E-state index in [4.69, 9.17) is 16.3 Å². The molecule has 222 valence electrons. The molecule has 4 N–H and O–H groups in total. The lowest BCUT2D eigenvalue weighted by molar-refractivity contribution is -0.117. The highest BCUT2D eigenvalue weighted by molar-refractivity contribution is 6.36. The highest BCUT2D eigenvalue weighted by Crippen LogP contribution is 2.42. The minimum atomic E-state index is -1.10. The van der Waals surface area contributed by atoms with Gasteiger partial charge in [-0.15, -0.1) is 0 Å². The first-order valence-corrected chi connectivity index (χ1v) is 14.4. The summed E-state index contributed by atoms with van der Waals surface area (Å²) >= 11 is 6.67. The van der Waals surface area contributed by atoms with Gasteiger partial charge in [-0.3, -0.25) is 9.89 Å². The van der Waals surface area contributed by atoms with Crippen molar-refractivity contribution in [2.75, 3.05) is 10.6 Å². The molecule has 4 aromatic rings. The summed E-state index contributed by atoms with van der Waals surface area (Å²) in [6, 6.07) is 5.17. The van der Waals surface area contributed by atoms with E-state index in [1.165, 1.54) is 0 Å². The third-order valence-electron chi connectivity index (χ3n) is 7.64. The molecule has 0 spiro atoms. The second-order valence-electron chi connectivity index (χ2n) is 12.0. The summed E-state index contributed by atoms with van der Waals surface area (Å²) in [4.78, 5) is 24.3. The minimum Gasteiger partial charge on any atom is -0.444 e. The number of alkyl carbamates (subject to hydrolysis) is 1. The first kappa shape index (κ1) is 28.2. The maximum atomic E-state index is 15.9. The molecule has 0 bridgehead atoms. The molecule has 2 aliphatic rings. The molecule has 13 heteroatoms. The Morgan fingerprint density at radius 2 is 1.88 bits per heavy atom. The number of hydrogen-bond donors (Lipinski definition) is 4. The van der Waals surface area contributed by atoms with Crippen LogP contribution >= 0.6 is 11.6 Å². The maximum absolute atomic E-state index is 15.9. The molecule has 3 heterocycles. The topological polar surface area (TPSA) is 125 Å². The van der Waals surface area contributed by atoms with E-state index in [2.05, 4.69) is 31.2 Å². The number of nitrogens with one attached hydrogen (secondary N) is 4. The quantitative estimate of drug-likeness (QED) is 0.209. The number of benzene rings is 1. The predicted molar refractivity (Wildman–Crippen MR) is 156 cm³/mol. The van der Waals surface area contributed by atoms with E-state index in [9.17, 15) is 14.0 Å². The summed E-state index contributed by atoms with van der Waals surface area (Å²) in [5, 5.41) is 20.9. The number of carbonyl (C=O) groups is 2. The van der Waals surface area contributed by atoms with Crippen LogP contribution < -0.4 is 16.0 Å². The Hall–Kier alpha value is -3.93. The lowest BCUT2D eigenvalue weighted by Gasteiger charge is -2.31. The fraction of sp³-hybridized carbons (Fsp3) is 0.448. The molecule has 3 aromatic heterocycles. The Kier molecular flexibility index (Phi) is 7.20. The van der Waals surface area contributed by atoms with E-state index in [0.29, 0.717) is 33.4 Å². The van der Waals surface area contributed by atoms with Crippen LogP contribution in [-0.4, -0.2) is 55.7 Å². The first-order valence-electron chi connectivity index (χ1n) is 14.0. The average molecular weight is 600 g/mol. The van der Waals surface area contributed by atoms with Crippen LogP contribution in [0.1, 0.15) is 52.9 Å². The normalized spacial score (nSPS) is 22.2. The summed E-state index contributed by atoms with van der Waals surface area (Å²) in [6.07, 6.45) is 4.87. The van der Waals surface area contributed by atoms with Crippen LogP contribution in [0.15, 0.2) is 30.6 Å². The molecule has 0 aliphatic heterocycles. The first-order chi connectivity index (χ1) is 20.0. The van der Waals surface area contributed by atoms with Crippen LogP contribution in [0.2, 0.25) is 5.02 Å². The number of rotatable bonds is 6. The third kappa shape index (κ3) is 5.72. The van der Waals surface area contributed by atoms with Gasteiger partial charge in [-0.25, -0.2) is 18.1 Å². The number of H-pyrrole nitrogens is 1. The van der Waals surface area contributed by atoms with E-state index in [-0.39, 0.29) is 29.2 Å². The molecule has 0 radical (unpaired) electrons. The summed E-state index contributed by atoms with van der Waals surface area (Å²) < 4.78 is 36.1. The number of halogens is 3. The van der Waals surface area contributed by atoms with Crippen molar-refractivity contribution in [2.24, 2.45) is 5.92 Å². The molecule has 2 saturated carbocycles. The monoisotopic (exact) mass is 599 g/mol. The van der Waals surface area contributed by atoms with Crippen molar-refractivity contribution >= 4 is 51.5 Å². The second kappa shape index (κ2) is 10.7. The number of nitrogens with zero attached hydrogens (tertiary/aromatic N) is 3. The van der Waals surface area contributed by atoms with Gasteiger partial charge in [0.1, 0.15) is 11.8 Å². The Morgan fingerprint density at radius 3 is 2.57 bits per heavy atom. The largest absolute Gasteiger partial charge is 0.444 e. The zero-order valence-electron chi connectivity index (χ0n) is 23.4. The number of aromatic nitrogens is 4. The Balaban J connectivity index is 1.20. The molecular weight excluding hydrogens is 568 g/mol. The molecule has 2 fully saturated rings. The average Bonchev–Trinajstić information content (AvgIpc) is 3.28. The Bertz CT molecular complexity index is 1670. The van der Waals surface area contributed by atoms with Gasteiger partial charge in [0, 0.05) is 35.3 Å². The highest BCUT2D eigenvalue weighted by Gasteiger charge is 2.43. The fourth-order valence-electron chi connectivity index (χ4n) is 5.46. The summed E-state index contributed by atoms with van der Waals surface area (Å²) in [5.74, 6) is -1.31. The summed E-state index contributed by atoms with van der Waals surface area (Å²) in [5.41, 5.74) is 1.93. The summed E-state index contributed by atoms with van der Waals surface area (Å²) in [7, 11) is 0. The molecule has 6 rings (SSSR count). The standard InChI is InChI=1S/C29H32ClF2N7O3/c1-29(2,3)42-28(41)35-16-6-4-15(5-7-16)34-26-24(32)23(30)22(19-13-33-37-25(19)26)14-8-9-39-17(10-14)11-21(38-39)36-27(40)18-12-20(18)31/h8-11,13,15-16,18,20,34H,4-7,12H2,1-3H3,(H,33,37)(H,35,41)(H,36,38,40)/t15?,16?,18-,20+/m1/s1. The number of aromatic amines is 1. The number of anilines is 2. The SMILES string of the molecule is CC(C)(C)OC(=O)NC1CCC(Nc2c(F)c(Cl)c(-c3ccn4nc(NC(=O)[C@@H]5C[C@@H]5F)cc4c3)c3cn[nH]c23)CC1. The van der Waals surface area contributed by atoms with Gasteiger partial charge in [-0.05, 0) is 70.6 Å². The zero-order chi connectivity index (χ0) is 29.8. The van der Waals surface area contributed by atoms with Gasteiger partial charge in [0.2, 0.25) is 5.91 Å². The van der Waals surface area contributed by atoms with Crippen LogP contribution in [0.4, 0.5) is 25.1 Å². The van der Waals surface area contributed by atoms with E-state index in [1.54, 1.807) is 35.1 Å². The van der Waals surface area contributed by atoms with E-state index >= 15 is 4.39 Å². The van der Waals surface area contributed by atoms with Crippen LogP contribution in [-0.2, 0) is 9.53 Å². The van der Waals surface area contributed by atoms with Crippen molar-refractivity contribution in [1.82, 2.24) is 25.1 Å². The molecule has 2 aliphatic carbocycles. The third-order valence-corrected chi connectivity index (χ3v) is 7.99. The molecule has 10 nitrogen and oxygen atoms in total. The van der Waals surface area contributed by atoms with Gasteiger partial charge < -0.3 is 20.7 Å². The van der Waals surface area contributed by atoms with Crippen molar-refractivity contribution in [3.8, 4) is 11.1 Å². The van der Waals surface area contributed by atoms with Gasteiger partial charge >= 0.3 is 6.09 Å². The number of alkyl halides is 1. The number of ether oxygens (including phenoxy) is 1. The molecule has 1 aromatic carbocycles. The number of carbonyl (C=O) groups excluding carboxylic acids is 2. The molecule has 2 atom stereocenters. The van der Waals surface area contributed by atoms with Crippen LogP contribution in [0.25, 0.3) is 27.5 Å². The number of hydrogen-bond acceptors (Lipinski definition) is 6. The Morgan fingerprint density at radius 1 is 1.17 bits per heavy atom. The van der Waals surface area contributed by atoms with E-state index < -0.39 is 35.5 Å². The number of amides is 2. The maximum Gasteiger partial charge on any atom is 0.407 e. The number of pyridine rings is 1. The van der Waals surface area contributed by atoms with E-state index in [1.807, 2.05) is 20.8 Å².